The Morgan fingerprint density at radius 3 is 2.56 bits per heavy atom. The second-order valence-electron chi connectivity index (χ2n) is 4.27. The van der Waals surface area contributed by atoms with Gasteiger partial charge in [0.15, 0.2) is 0 Å². The van der Waals surface area contributed by atoms with Gasteiger partial charge >= 0.3 is 0 Å². The molecule has 0 spiro atoms. The minimum atomic E-state index is -0.238. The van der Waals surface area contributed by atoms with Crippen LogP contribution in [0.15, 0.2) is 53.0 Å². The van der Waals surface area contributed by atoms with Crippen LogP contribution in [0.2, 0.25) is 0 Å². The second kappa shape index (κ2) is 6.12. The van der Waals surface area contributed by atoms with E-state index in [-0.39, 0.29) is 18.3 Å². The fraction of sp³-hybridized carbons (Fsp3) is 0.200. The molecule has 3 heteroatoms. The first-order valence-electron chi connectivity index (χ1n) is 5.80. The van der Waals surface area contributed by atoms with Crippen molar-refractivity contribution in [1.82, 2.24) is 0 Å². The molecule has 0 radical (unpaired) electrons. The molecule has 0 aliphatic rings. The normalized spacial score (nSPS) is 12.4. The largest absolute Gasteiger partial charge is 0.396 e. The molecule has 2 rings (SSSR count). The summed E-state index contributed by atoms with van der Waals surface area (Å²) in [4.78, 5) is 0. The van der Waals surface area contributed by atoms with Gasteiger partial charge in [-0.1, -0.05) is 40.2 Å². The van der Waals surface area contributed by atoms with E-state index in [4.69, 9.17) is 0 Å². The predicted octanol–water partition coefficient (Wildman–Crippen LogP) is 3.91. The molecule has 1 atom stereocenters. The fourth-order valence-electron chi connectivity index (χ4n) is 2.00. The van der Waals surface area contributed by atoms with Gasteiger partial charge in [-0.3, -0.25) is 0 Å². The van der Waals surface area contributed by atoms with Crippen LogP contribution in [0, 0.1) is 5.82 Å². The number of aliphatic hydroxyl groups excluding tert-OH is 1. The van der Waals surface area contributed by atoms with E-state index < -0.39 is 0 Å². The molecule has 1 nitrogen and oxygen atoms in total. The Kier molecular flexibility index (Phi) is 4.50. The van der Waals surface area contributed by atoms with E-state index in [1.807, 2.05) is 30.3 Å². The van der Waals surface area contributed by atoms with Gasteiger partial charge in [0.25, 0.3) is 0 Å². The highest BCUT2D eigenvalue weighted by Crippen LogP contribution is 2.23. The van der Waals surface area contributed by atoms with E-state index in [9.17, 15) is 9.50 Å². The van der Waals surface area contributed by atoms with Crippen molar-refractivity contribution in [3.63, 3.8) is 0 Å². The van der Waals surface area contributed by atoms with E-state index in [2.05, 4.69) is 15.9 Å². The number of halogens is 2. The van der Waals surface area contributed by atoms with Gasteiger partial charge in [0.2, 0.25) is 0 Å². The molecule has 0 aliphatic carbocycles. The lowest BCUT2D eigenvalue weighted by atomic mass is 9.93. The van der Waals surface area contributed by atoms with E-state index in [0.717, 1.165) is 15.6 Å². The van der Waals surface area contributed by atoms with Crippen molar-refractivity contribution < 1.29 is 9.50 Å². The summed E-state index contributed by atoms with van der Waals surface area (Å²) < 4.78 is 14.1. The van der Waals surface area contributed by atoms with Crippen molar-refractivity contribution in [2.24, 2.45) is 0 Å². The predicted molar refractivity (Wildman–Crippen MR) is 74.1 cm³/mol. The van der Waals surface area contributed by atoms with Gasteiger partial charge in [-0.05, 0) is 41.8 Å². The summed E-state index contributed by atoms with van der Waals surface area (Å²) in [5.74, 6) is -0.247. The standard InChI is InChI=1S/C15H14BrFO/c16-14-5-2-4-12(9-14)13(10-18)7-11-3-1-6-15(17)8-11/h1-6,8-9,13,18H,7,10H2. The van der Waals surface area contributed by atoms with Gasteiger partial charge in [-0.25, -0.2) is 4.39 Å². The molecule has 0 aromatic heterocycles. The molecule has 2 aromatic rings. The summed E-state index contributed by atoms with van der Waals surface area (Å²) in [5.41, 5.74) is 1.95. The number of hydrogen-bond donors (Lipinski definition) is 1. The smallest absolute Gasteiger partial charge is 0.123 e. The van der Waals surface area contributed by atoms with Crippen LogP contribution in [-0.2, 0) is 6.42 Å². The van der Waals surface area contributed by atoms with Crippen LogP contribution in [0.5, 0.6) is 0 Å². The molecule has 0 bridgehead atoms. The summed E-state index contributed by atoms with van der Waals surface area (Å²) in [6, 6.07) is 14.4. The number of benzene rings is 2. The third-order valence-corrected chi connectivity index (χ3v) is 3.40. The van der Waals surface area contributed by atoms with Gasteiger partial charge in [0, 0.05) is 10.4 Å². The van der Waals surface area contributed by atoms with Gasteiger partial charge in [-0.2, -0.15) is 0 Å². The molecule has 0 heterocycles. The van der Waals surface area contributed by atoms with Crippen LogP contribution in [0.1, 0.15) is 17.0 Å². The van der Waals surface area contributed by atoms with Crippen molar-refractivity contribution in [2.75, 3.05) is 6.61 Å². The summed E-state index contributed by atoms with van der Waals surface area (Å²) in [6.07, 6.45) is 0.630. The van der Waals surface area contributed by atoms with E-state index >= 15 is 0 Å². The SMILES string of the molecule is OCC(Cc1cccc(F)c1)c1cccc(Br)c1. The second-order valence-corrected chi connectivity index (χ2v) is 5.18. The molecule has 0 amide bonds. The zero-order valence-electron chi connectivity index (χ0n) is 9.81. The maximum atomic E-state index is 13.1. The first-order valence-corrected chi connectivity index (χ1v) is 6.59. The van der Waals surface area contributed by atoms with E-state index in [1.54, 1.807) is 6.07 Å². The molecule has 0 aliphatic heterocycles. The molecule has 0 fully saturated rings. The Labute approximate surface area is 114 Å². The highest BCUT2D eigenvalue weighted by atomic mass is 79.9. The van der Waals surface area contributed by atoms with Crippen molar-refractivity contribution >= 4 is 15.9 Å². The Balaban J connectivity index is 2.19. The fourth-order valence-corrected chi connectivity index (χ4v) is 2.41. The Morgan fingerprint density at radius 1 is 1.11 bits per heavy atom. The molecule has 0 saturated carbocycles. The average Bonchev–Trinajstić information content (AvgIpc) is 2.36. The molecular weight excluding hydrogens is 295 g/mol. The zero-order valence-corrected chi connectivity index (χ0v) is 11.4. The van der Waals surface area contributed by atoms with Crippen LogP contribution in [0.3, 0.4) is 0 Å². The third-order valence-electron chi connectivity index (χ3n) is 2.91. The number of aliphatic hydroxyl groups is 1. The lowest BCUT2D eigenvalue weighted by Crippen LogP contribution is -2.08. The minimum absolute atomic E-state index is 0.00991. The molecule has 1 unspecified atom stereocenters. The summed E-state index contributed by atoms with van der Waals surface area (Å²) in [7, 11) is 0. The summed E-state index contributed by atoms with van der Waals surface area (Å²) in [5, 5.41) is 9.49. The van der Waals surface area contributed by atoms with Gasteiger partial charge in [0.05, 0.1) is 6.61 Å². The lowest BCUT2D eigenvalue weighted by Gasteiger charge is -2.15. The Morgan fingerprint density at radius 2 is 1.89 bits per heavy atom. The number of hydrogen-bond acceptors (Lipinski definition) is 1. The molecular formula is C15H14BrFO. The van der Waals surface area contributed by atoms with Crippen LogP contribution >= 0.6 is 15.9 Å². The Hall–Kier alpha value is -1.19. The maximum absolute atomic E-state index is 13.1. The zero-order chi connectivity index (χ0) is 13.0. The Bertz CT molecular complexity index is 527. The van der Waals surface area contributed by atoms with Crippen LogP contribution in [-0.4, -0.2) is 11.7 Å². The van der Waals surface area contributed by atoms with Gasteiger partial charge < -0.3 is 5.11 Å². The maximum Gasteiger partial charge on any atom is 0.123 e. The van der Waals surface area contributed by atoms with Gasteiger partial charge in [0.1, 0.15) is 5.82 Å². The van der Waals surface area contributed by atoms with Crippen molar-refractivity contribution in [3.05, 3.63) is 69.9 Å². The molecule has 94 valence electrons. The highest BCUT2D eigenvalue weighted by Gasteiger charge is 2.12. The van der Waals surface area contributed by atoms with Crippen LogP contribution in [0.25, 0.3) is 0 Å². The monoisotopic (exact) mass is 308 g/mol. The number of rotatable bonds is 4. The van der Waals surface area contributed by atoms with Crippen molar-refractivity contribution in [1.29, 1.82) is 0 Å². The molecule has 18 heavy (non-hydrogen) atoms. The lowest BCUT2D eigenvalue weighted by molar-refractivity contribution is 0.264. The minimum Gasteiger partial charge on any atom is -0.396 e. The topological polar surface area (TPSA) is 20.2 Å². The van der Waals surface area contributed by atoms with Crippen molar-refractivity contribution in [2.45, 2.75) is 12.3 Å². The van der Waals surface area contributed by atoms with Crippen LogP contribution < -0.4 is 0 Å². The third kappa shape index (κ3) is 3.40. The average molecular weight is 309 g/mol. The van der Waals surface area contributed by atoms with Gasteiger partial charge in [-0.15, -0.1) is 0 Å². The molecule has 0 saturated heterocycles. The van der Waals surface area contributed by atoms with Crippen molar-refractivity contribution in [3.8, 4) is 0 Å². The summed E-state index contributed by atoms with van der Waals surface area (Å²) >= 11 is 3.42. The van der Waals surface area contributed by atoms with E-state index in [1.165, 1.54) is 12.1 Å². The summed E-state index contributed by atoms with van der Waals surface area (Å²) in [6.45, 7) is 0.0486. The first-order chi connectivity index (χ1) is 8.69. The molecule has 1 N–H and O–H groups in total. The van der Waals surface area contributed by atoms with E-state index in [0.29, 0.717) is 6.42 Å². The molecule has 2 aromatic carbocycles. The first kappa shape index (κ1) is 13.2. The highest BCUT2D eigenvalue weighted by molar-refractivity contribution is 9.10. The van der Waals surface area contributed by atoms with Crippen LogP contribution in [0.4, 0.5) is 4.39 Å². The quantitative estimate of drug-likeness (QED) is 0.908.